The average molecular weight is 271 g/mol. The van der Waals surface area contributed by atoms with E-state index < -0.39 is 0 Å². The molecule has 1 fully saturated rings. The molecular formula is C15H17N3O2. The van der Waals surface area contributed by atoms with Gasteiger partial charge in [-0.1, -0.05) is 13.0 Å². The van der Waals surface area contributed by atoms with E-state index in [-0.39, 0.29) is 6.79 Å². The Morgan fingerprint density at radius 3 is 2.80 bits per heavy atom. The molecule has 0 bridgehead atoms. The molecule has 1 aromatic carbocycles. The molecule has 1 aliphatic carbocycles. The fraction of sp³-hybridized carbons (Fsp3) is 0.400. The third-order valence-corrected chi connectivity index (χ3v) is 4.24. The second-order valence-electron chi connectivity index (χ2n) is 5.66. The van der Waals surface area contributed by atoms with E-state index in [4.69, 9.17) is 15.2 Å². The van der Waals surface area contributed by atoms with Crippen molar-refractivity contribution < 1.29 is 9.47 Å². The Balaban J connectivity index is 1.85. The number of anilines is 1. The van der Waals surface area contributed by atoms with Crippen LogP contribution in [0.5, 0.6) is 11.5 Å². The first kappa shape index (κ1) is 11.6. The van der Waals surface area contributed by atoms with Crippen molar-refractivity contribution in [2.45, 2.75) is 19.3 Å². The van der Waals surface area contributed by atoms with Crippen molar-refractivity contribution in [1.29, 1.82) is 0 Å². The zero-order valence-electron chi connectivity index (χ0n) is 11.6. The first-order chi connectivity index (χ1) is 9.65. The lowest BCUT2D eigenvalue weighted by atomic mass is 10.0. The van der Waals surface area contributed by atoms with Crippen LogP contribution < -0.4 is 15.2 Å². The van der Waals surface area contributed by atoms with Crippen LogP contribution in [0.3, 0.4) is 0 Å². The van der Waals surface area contributed by atoms with Gasteiger partial charge >= 0.3 is 0 Å². The zero-order valence-corrected chi connectivity index (χ0v) is 11.6. The molecule has 20 heavy (non-hydrogen) atoms. The SMILES string of the molecule is C[C@@H]1C[C@@H]1c1nn(C)c(N)c1-c1ccc2c(c1)OCO2. The van der Waals surface area contributed by atoms with E-state index in [1.807, 2.05) is 25.2 Å². The maximum atomic E-state index is 6.22. The molecule has 0 amide bonds. The van der Waals surface area contributed by atoms with Gasteiger partial charge in [0.1, 0.15) is 5.82 Å². The summed E-state index contributed by atoms with van der Waals surface area (Å²) >= 11 is 0. The molecule has 5 heteroatoms. The Morgan fingerprint density at radius 1 is 1.30 bits per heavy atom. The Kier molecular flexibility index (Phi) is 2.28. The number of benzene rings is 1. The van der Waals surface area contributed by atoms with Crippen molar-refractivity contribution in [3.05, 3.63) is 23.9 Å². The van der Waals surface area contributed by atoms with Gasteiger partial charge in [0, 0.05) is 18.5 Å². The highest BCUT2D eigenvalue weighted by Gasteiger charge is 2.39. The van der Waals surface area contributed by atoms with Crippen molar-refractivity contribution in [2.24, 2.45) is 13.0 Å². The van der Waals surface area contributed by atoms with Crippen molar-refractivity contribution in [1.82, 2.24) is 9.78 Å². The summed E-state index contributed by atoms with van der Waals surface area (Å²) in [6.07, 6.45) is 1.19. The first-order valence-electron chi connectivity index (χ1n) is 6.87. The van der Waals surface area contributed by atoms with Gasteiger partial charge in [-0.25, -0.2) is 0 Å². The Bertz CT molecular complexity index is 693. The van der Waals surface area contributed by atoms with E-state index in [2.05, 4.69) is 12.0 Å². The standard InChI is InChI=1S/C15H17N3O2/c1-8-5-10(8)14-13(15(16)18(2)17-14)9-3-4-11-12(6-9)20-7-19-11/h3-4,6,8,10H,5,7,16H2,1-2H3/t8-,10+/m1/s1. The van der Waals surface area contributed by atoms with Crippen molar-refractivity contribution in [3.63, 3.8) is 0 Å². The number of fused-ring (bicyclic) bond motifs is 1. The Hall–Kier alpha value is -2.17. The van der Waals surface area contributed by atoms with Crippen LogP contribution in [-0.4, -0.2) is 16.6 Å². The summed E-state index contributed by atoms with van der Waals surface area (Å²) in [5.74, 6) is 3.49. The van der Waals surface area contributed by atoms with Crippen LogP contribution in [0.4, 0.5) is 5.82 Å². The number of nitrogens with zero attached hydrogens (tertiary/aromatic N) is 2. The van der Waals surface area contributed by atoms with E-state index >= 15 is 0 Å². The molecule has 0 saturated heterocycles. The summed E-state index contributed by atoms with van der Waals surface area (Å²) in [4.78, 5) is 0. The molecular weight excluding hydrogens is 254 g/mol. The number of hydrogen-bond donors (Lipinski definition) is 1. The van der Waals surface area contributed by atoms with Crippen molar-refractivity contribution >= 4 is 5.82 Å². The number of ether oxygens (including phenoxy) is 2. The number of rotatable bonds is 2. The summed E-state index contributed by atoms with van der Waals surface area (Å²) in [6.45, 7) is 2.53. The molecule has 0 radical (unpaired) electrons. The highest BCUT2D eigenvalue weighted by Crippen LogP contribution is 2.51. The lowest BCUT2D eigenvalue weighted by Gasteiger charge is -2.05. The van der Waals surface area contributed by atoms with Crippen LogP contribution in [0.2, 0.25) is 0 Å². The molecule has 2 N–H and O–H groups in total. The topological polar surface area (TPSA) is 62.3 Å². The van der Waals surface area contributed by atoms with Gasteiger partial charge in [-0.3, -0.25) is 4.68 Å². The summed E-state index contributed by atoms with van der Waals surface area (Å²) in [5.41, 5.74) is 9.42. The number of nitrogen functional groups attached to an aromatic ring is 1. The van der Waals surface area contributed by atoms with Gasteiger partial charge in [-0.2, -0.15) is 5.10 Å². The summed E-state index contributed by atoms with van der Waals surface area (Å²) in [5, 5.41) is 4.61. The predicted molar refractivity (Wildman–Crippen MR) is 75.7 cm³/mol. The fourth-order valence-corrected chi connectivity index (χ4v) is 2.87. The van der Waals surface area contributed by atoms with Crippen LogP contribution in [0.25, 0.3) is 11.1 Å². The molecule has 5 nitrogen and oxygen atoms in total. The third-order valence-electron chi connectivity index (χ3n) is 4.24. The number of aryl methyl sites for hydroxylation is 1. The second-order valence-corrected chi connectivity index (χ2v) is 5.66. The predicted octanol–water partition coefficient (Wildman–Crippen LogP) is 2.52. The third kappa shape index (κ3) is 1.59. The highest BCUT2D eigenvalue weighted by molar-refractivity contribution is 5.79. The molecule has 104 valence electrons. The quantitative estimate of drug-likeness (QED) is 0.911. The normalized spacial score (nSPS) is 23.1. The molecule has 0 unspecified atom stereocenters. The van der Waals surface area contributed by atoms with E-state index in [1.54, 1.807) is 4.68 Å². The summed E-state index contributed by atoms with van der Waals surface area (Å²) in [6, 6.07) is 5.95. The molecule has 1 aliphatic heterocycles. The van der Waals surface area contributed by atoms with Gasteiger partial charge in [-0.05, 0) is 30.0 Å². The smallest absolute Gasteiger partial charge is 0.231 e. The van der Waals surface area contributed by atoms with E-state index in [1.165, 1.54) is 6.42 Å². The van der Waals surface area contributed by atoms with Crippen LogP contribution in [0.15, 0.2) is 18.2 Å². The van der Waals surface area contributed by atoms with Gasteiger partial charge in [-0.15, -0.1) is 0 Å². The van der Waals surface area contributed by atoms with Crippen LogP contribution >= 0.6 is 0 Å². The molecule has 4 rings (SSSR count). The van der Waals surface area contributed by atoms with Crippen LogP contribution in [0.1, 0.15) is 25.0 Å². The molecule has 1 saturated carbocycles. The maximum Gasteiger partial charge on any atom is 0.231 e. The molecule has 2 heterocycles. The van der Waals surface area contributed by atoms with E-state index in [0.717, 1.165) is 28.3 Å². The number of hydrogen-bond acceptors (Lipinski definition) is 4. The van der Waals surface area contributed by atoms with Gasteiger partial charge in [0.25, 0.3) is 0 Å². The van der Waals surface area contributed by atoms with Gasteiger partial charge in [0.15, 0.2) is 11.5 Å². The maximum absolute atomic E-state index is 6.22. The lowest BCUT2D eigenvalue weighted by molar-refractivity contribution is 0.174. The van der Waals surface area contributed by atoms with Gasteiger partial charge in [0.2, 0.25) is 6.79 Å². The average Bonchev–Trinajstić information content (AvgIpc) is 2.85. The minimum Gasteiger partial charge on any atom is -0.454 e. The second kappa shape index (κ2) is 3.91. The summed E-state index contributed by atoms with van der Waals surface area (Å²) in [7, 11) is 1.89. The number of nitrogens with two attached hydrogens (primary N) is 1. The van der Waals surface area contributed by atoms with Crippen LogP contribution in [0, 0.1) is 5.92 Å². The van der Waals surface area contributed by atoms with Gasteiger partial charge in [0.05, 0.1) is 5.69 Å². The lowest BCUT2D eigenvalue weighted by Crippen LogP contribution is -1.98. The van der Waals surface area contributed by atoms with Crippen molar-refractivity contribution in [3.8, 4) is 22.6 Å². The highest BCUT2D eigenvalue weighted by atomic mass is 16.7. The summed E-state index contributed by atoms with van der Waals surface area (Å²) < 4.78 is 12.6. The molecule has 2 aliphatic rings. The van der Waals surface area contributed by atoms with Crippen LogP contribution in [-0.2, 0) is 7.05 Å². The zero-order chi connectivity index (χ0) is 13.9. The molecule has 1 aromatic heterocycles. The first-order valence-corrected chi connectivity index (χ1v) is 6.87. The monoisotopic (exact) mass is 271 g/mol. The molecule has 0 spiro atoms. The number of aromatic nitrogens is 2. The molecule has 2 atom stereocenters. The Labute approximate surface area is 117 Å². The largest absolute Gasteiger partial charge is 0.454 e. The Morgan fingerprint density at radius 2 is 2.05 bits per heavy atom. The van der Waals surface area contributed by atoms with Gasteiger partial charge < -0.3 is 15.2 Å². The van der Waals surface area contributed by atoms with E-state index in [0.29, 0.717) is 17.7 Å². The molecule has 2 aromatic rings. The minimum absolute atomic E-state index is 0.286. The van der Waals surface area contributed by atoms with E-state index in [9.17, 15) is 0 Å². The minimum atomic E-state index is 0.286. The fourth-order valence-electron chi connectivity index (χ4n) is 2.87. The van der Waals surface area contributed by atoms with Crippen molar-refractivity contribution in [2.75, 3.05) is 12.5 Å².